The third-order valence-corrected chi connectivity index (χ3v) is 14.3. The van der Waals surface area contributed by atoms with Crippen molar-refractivity contribution in [3.05, 3.63) is 174 Å². The fraction of sp³-hybridized carbons (Fsp3) is 0.0800. The molecular weight excluding hydrogens is 757 g/mol. The van der Waals surface area contributed by atoms with Crippen LogP contribution in [-0.2, 0) is 0 Å². The lowest BCUT2D eigenvalue weighted by Gasteiger charge is -2.30. The van der Waals surface area contributed by atoms with Gasteiger partial charge in [-0.15, -0.1) is 22.7 Å². The van der Waals surface area contributed by atoms with Crippen LogP contribution in [0.3, 0.4) is 0 Å². The van der Waals surface area contributed by atoms with Gasteiger partial charge in [0.25, 0.3) is 0 Å². The molecule has 0 aliphatic heterocycles. The standard InChI is InChI=1S/C50H28N2O4S2/c1-23-11-37-38(49-43(23)51-41(57-49)21-39-45(53)33-17-29-13-25-7-3-4-8-26(25)14-30(29)18-34(33)46(39)54)12-24(2)44-50(37)58-42(52-44)22-40-47(55)35-19-31-15-27-9-5-6-10-28(27)16-32(31)20-36(35)48(40)56/h3-22,37-38H,1-2H3. The van der Waals surface area contributed by atoms with Gasteiger partial charge in [-0.2, -0.15) is 0 Å². The Labute approximate surface area is 339 Å². The van der Waals surface area contributed by atoms with Crippen molar-refractivity contribution in [1.29, 1.82) is 0 Å². The zero-order valence-electron chi connectivity index (χ0n) is 31.0. The van der Waals surface area contributed by atoms with Gasteiger partial charge in [-0.1, -0.05) is 60.7 Å². The molecule has 2 atom stereocenters. The topological polar surface area (TPSA) is 94.1 Å². The molecular formula is C50H28N2O4S2. The van der Waals surface area contributed by atoms with Gasteiger partial charge in [0, 0.05) is 43.8 Å². The van der Waals surface area contributed by atoms with E-state index < -0.39 is 0 Å². The summed E-state index contributed by atoms with van der Waals surface area (Å²) < 4.78 is 0. The molecule has 6 nitrogen and oxygen atoms in total. The van der Waals surface area contributed by atoms with Crippen molar-refractivity contribution in [2.45, 2.75) is 25.7 Å². The molecule has 0 saturated heterocycles. The number of nitrogens with zero attached hydrogens (tertiary/aromatic N) is 2. The summed E-state index contributed by atoms with van der Waals surface area (Å²) >= 11 is 3.02. The predicted molar refractivity (Wildman–Crippen MR) is 233 cm³/mol. The van der Waals surface area contributed by atoms with Crippen molar-refractivity contribution in [1.82, 2.24) is 9.97 Å². The highest BCUT2D eigenvalue weighted by Crippen LogP contribution is 2.53. The molecule has 6 aromatic carbocycles. The second-order valence-electron chi connectivity index (χ2n) is 15.6. The molecule has 0 radical (unpaired) electrons. The first-order valence-electron chi connectivity index (χ1n) is 19.1. The number of fused-ring (bicyclic) bond motifs is 11. The quantitative estimate of drug-likeness (QED) is 0.0984. The summed E-state index contributed by atoms with van der Waals surface area (Å²) in [5, 5.41) is 9.24. The van der Waals surface area contributed by atoms with Crippen LogP contribution in [0.1, 0.15) is 98.3 Å². The zero-order valence-corrected chi connectivity index (χ0v) is 32.7. The summed E-state index contributed by atoms with van der Waals surface area (Å²) in [6.07, 6.45) is 7.76. The largest absolute Gasteiger partial charge is 0.288 e. The molecule has 4 aliphatic rings. The highest BCUT2D eigenvalue weighted by Gasteiger charge is 2.39. The molecule has 274 valence electrons. The van der Waals surface area contributed by atoms with Gasteiger partial charge in [0.15, 0.2) is 23.1 Å². The van der Waals surface area contributed by atoms with Gasteiger partial charge in [0.1, 0.15) is 10.0 Å². The minimum Gasteiger partial charge on any atom is -0.288 e. The number of rotatable bonds is 2. The molecule has 0 N–H and O–H groups in total. The number of benzene rings is 6. The summed E-state index contributed by atoms with van der Waals surface area (Å²) in [5.41, 5.74) is 5.73. The van der Waals surface area contributed by atoms with Crippen molar-refractivity contribution in [2.24, 2.45) is 0 Å². The maximum absolute atomic E-state index is 13.8. The van der Waals surface area contributed by atoms with Gasteiger partial charge in [0.05, 0.1) is 22.5 Å². The van der Waals surface area contributed by atoms with Crippen molar-refractivity contribution in [3.63, 3.8) is 0 Å². The minimum absolute atomic E-state index is 0.0228. The second kappa shape index (κ2) is 11.9. The first kappa shape index (κ1) is 33.4. The van der Waals surface area contributed by atoms with Gasteiger partial charge in [-0.05, 0) is 129 Å². The van der Waals surface area contributed by atoms with Crippen molar-refractivity contribution < 1.29 is 19.2 Å². The molecule has 0 saturated carbocycles. The fourth-order valence-electron chi connectivity index (χ4n) is 9.25. The number of Topliss-reactive ketones (excluding diaryl/α,β-unsaturated/α-hetero) is 4. The molecule has 0 spiro atoms. The molecule has 0 amide bonds. The number of carbonyl (C=O) groups is 4. The Kier molecular flexibility index (Phi) is 6.85. The SMILES string of the molecule is CC1=CC2c3sc(C=C4C(=O)c5cc6cc7ccccc7cc6cc5C4=O)nc3C(C)=CC2c2sc(C=C3C(=O)c4cc5cc6ccccc6cc5cc4C3=O)nc21. The molecule has 2 heterocycles. The predicted octanol–water partition coefficient (Wildman–Crippen LogP) is 11.8. The van der Waals surface area contributed by atoms with E-state index in [-0.39, 0.29) is 46.1 Å². The zero-order chi connectivity index (χ0) is 39.1. The third-order valence-electron chi connectivity index (χ3n) is 12.1. The minimum atomic E-state index is -0.276. The van der Waals surface area contributed by atoms with Gasteiger partial charge < -0.3 is 0 Å². The van der Waals surface area contributed by atoms with Crippen molar-refractivity contribution in [3.8, 4) is 0 Å². The van der Waals surface area contributed by atoms with Crippen LogP contribution in [0.4, 0.5) is 0 Å². The summed E-state index contributed by atoms with van der Waals surface area (Å²) in [7, 11) is 0. The van der Waals surface area contributed by atoms with Crippen LogP contribution in [0.5, 0.6) is 0 Å². The van der Waals surface area contributed by atoms with Crippen LogP contribution < -0.4 is 0 Å². The van der Waals surface area contributed by atoms with Crippen LogP contribution >= 0.6 is 22.7 Å². The van der Waals surface area contributed by atoms with E-state index in [1.54, 1.807) is 12.2 Å². The highest BCUT2D eigenvalue weighted by atomic mass is 32.1. The molecule has 0 fully saturated rings. The van der Waals surface area contributed by atoms with Crippen LogP contribution in [0.25, 0.3) is 66.4 Å². The van der Waals surface area contributed by atoms with Crippen LogP contribution in [0.15, 0.2) is 120 Å². The number of allylic oxidation sites excluding steroid dienone is 6. The molecule has 4 aliphatic carbocycles. The van der Waals surface area contributed by atoms with Gasteiger partial charge in [0.2, 0.25) is 0 Å². The van der Waals surface area contributed by atoms with Crippen molar-refractivity contribution in [2.75, 3.05) is 0 Å². The lowest BCUT2D eigenvalue weighted by molar-refractivity contribution is 0.0975. The summed E-state index contributed by atoms with van der Waals surface area (Å²) in [5.74, 6) is -1.15. The number of carbonyl (C=O) groups excluding carboxylic acids is 4. The monoisotopic (exact) mass is 784 g/mol. The van der Waals surface area contributed by atoms with Crippen LogP contribution in [0, 0.1) is 0 Å². The van der Waals surface area contributed by atoms with E-state index in [4.69, 9.17) is 9.97 Å². The average Bonchev–Trinajstić information content (AvgIpc) is 3.97. The summed E-state index contributed by atoms with van der Waals surface area (Å²) in [4.78, 5) is 67.2. The molecule has 2 unspecified atom stereocenters. The molecule has 8 aromatic rings. The molecule has 58 heavy (non-hydrogen) atoms. The first-order chi connectivity index (χ1) is 28.2. The Bertz CT molecular complexity index is 3080. The first-order valence-corrected chi connectivity index (χ1v) is 20.7. The normalized spacial score (nSPS) is 18.1. The number of ketones is 4. The molecule has 8 heteroatoms. The molecule has 12 rings (SSSR count). The molecule has 2 aromatic heterocycles. The summed E-state index contributed by atoms with van der Waals surface area (Å²) in [6, 6.07) is 31.8. The Morgan fingerprint density at radius 3 is 1.07 bits per heavy atom. The lowest BCUT2D eigenvalue weighted by atomic mass is 9.77. The van der Waals surface area contributed by atoms with Gasteiger partial charge in [-0.3, -0.25) is 19.2 Å². The van der Waals surface area contributed by atoms with E-state index in [9.17, 15) is 19.2 Å². The van der Waals surface area contributed by atoms with Crippen molar-refractivity contribution >= 4 is 112 Å². The average molecular weight is 785 g/mol. The Hall–Kier alpha value is -6.74. The maximum atomic E-state index is 13.8. The van der Waals surface area contributed by atoms with Gasteiger partial charge in [-0.25, -0.2) is 9.97 Å². The van der Waals surface area contributed by atoms with E-state index in [1.807, 2.05) is 86.6 Å². The maximum Gasteiger partial charge on any atom is 0.197 e. The smallest absolute Gasteiger partial charge is 0.197 e. The number of hydrogen-bond donors (Lipinski definition) is 0. The second-order valence-corrected chi connectivity index (χ2v) is 17.7. The van der Waals surface area contributed by atoms with E-state index in [1.165, 1.54) is 22.7 Å². The van der Waals surface area contributed by atoms with Crippen LogP contribution in [-0.4, -0.2) is 33.1 Å². The van der Waals surface area contributed by atoms with E-state index in [0.717, 1.165) is 75.4 Å². The number of thiazole rings is 2. The van der Waals surface area contributed by atoms with Gasteiger partial charge >= 0.3 is 0 Å². The van der Waals surface area contributed by atoms with E-state index in [0.29, 0.717) is 32.3 Å². The summed E-state index contributed by atoms with van der Waals surface area (Å²) in [6.45, 7) is 4.08. The Balaban J connectivity index is 0.867. The third kappa shape index (κ3) is 4.76. The Morgan fingerprint density at radius 2 is 0.759 bits per heavy atom. The Morgan fingerprint density at radius 1 is 0.448 bits per heavy atom. The number of hydrogen-bond acceptors (Lipinski definition) is 8. The number of aromatic nitrogens is 2. The molecule has 0 bridgehead atoms. The lowest BCUT2D eigenvalue weighted by Crippen LogP contribution is -2.16. The highest BCUT2D eigenvalue weighted by molar-refractivity contribution is 7.13. The van der Waals surface area contributed by atoms with E-state index in [2.05, 4.69) is 36.4 Å². The van der Waals surface area contributed by atoms with E-state index >= 15 is 0 Å². The van der Waals surface area contributed by atoms with Crippen LogP contribution in [0.2, 0.25) is 0 Å². The fourth-order valence-corrected chi connectivity index (χ4v) is 11.6.